The maximum atomic E-state index is 10.4. The average molecular weight is 289 g/mol. The predicted octanol–water partition coefficient (Wildman–Crippen LogP) is -0.116. The number of hydrogen-bond donors (Lipinski definition) is 5. The molecule has 19 heavy (non-hydrogen) atoms. The minimum atomic E-state index is -1.55. The largest absolute Gasteiger partial charge is 0.396 e. The first-order valence-corrected chi connectivity index (χ1v) is 6.34. The summed E-state index contributed by atoms with van der Waals surface area (Å²) in [4.78, 5) is 7.75. The Hall–Kier alpha value is -1.15. The zero-order valence-corrected chi connectivity index (χ0v) is 11.2. The summed E-state index contributed by atoms with van der Waals surface area (Å²) in [7, 11) is 0. The Morgan fingerprint density at radius 1 is 1.53 bits per heavy atom. The van der Waals surface area contributed by atoms with Crippen LogP contribution in [0.4, 0.5) is 11.8 Å². The van der Waals surface area contributed by atoms with Crippen LogP contribution in [0.3, 0.4) is 0 Å². The van der Waals surface area contributed by atoms with E-state index in [1.165, 1.54) is 0 Å². The van der Waals surface area contributed by atoms with E-state index in [0.29, 0.717) is 18.4 Å². The molecule has 3 unspecified atom stereocenters. The van der Waals surface area contributed by atoms with Crippen molar-refractivity contribution in [3.63, 3.8) is 0 Å². The summed E-state index contributed by atoms with van der Waals surface area (Å²) in [5, 5.41) is 32.5. The van der Waals surface area contributed by atoms with Gasteiger partial charge in [0, 0.05) is 18.1 Å². The Balaban J connectivity index is 2.26. The van der Waals surface area contributed by atoms with Gasteiger partial charge in [-0.15, -0.1) is 0 Å². The Labute approximate surface area is 115 Å². The van der Waals surface area contributed by atoms with Gasteiger partial charge >= 0.3 is 0 Å². The molecular formula is C11H17ClN4O3. The van der Waals surface area contributed by atoms with Crippen molar-refractivity contribution in [3.8, 4) is 0 Å². The molecule has 1 aliphatic carbocycles. The second-order valence-corrected chi connectivity index (χ2v) is 5.18. The Bertz CT molecular complexity index is 487. The highest BCUT2D eigenvalue weighted by molar-refractivity contribution is 6.30. The summed E-state index contributed by atoms with van der Waals surface area (Å²) >= 11 is 5.89. The molecule has 1 fully saturated rings. The fourth-order valence-electron chi connectivity index (χ4n) is 2.26. The first kappa shape index (κ1) is 14.3. The Kier molecular flexibility index (Phi) is 3.82. The van der Waals surface area contributed by atoms with Gasteiger partial charge in [0.2, 0.25) is 5.95 Å². The lowest BCUT2D eigenvalue weighted by Crippen LogP contribution is -2.48. The highest BCUT2D eigenvalue weighted by Crippen LogP contribution is 2.36. The van der Waals surface area contributed by atoms with Crippen LogP contribution in [0.5, 0.6) is 0 Å². The topological polar surface area (TPSA) is 125 Å². The average Bonchev–Trinajstić information content (AvgIpc) is 2.62. The third-order valence-corrected chi connectivity index (χ3v) is 3.87. The first-order chi connectivity index (χ1) is 8.87. The standard InChI is InChI=1S/C11H17ClN4O3/c1-5-8(12)14-10(13)15-9(5)16-11(19)3-2-6(4-17)7(11)18/h6-7,17-19H,2-4H2,1H3,(H3,13,14,15,16). The highest BCUT2D eigenvalue weighted by Gasteiger charge is 2.46. The second-order valence-electron chi connectivity index (χ2n) is 4.82. The van der Waals surface area contributed by atoms with Crippen LogP contribution < -0.4 is 11.1 Å². The molecule has 1 aliphatic rings. The van der Waals surface area contributed by atoms with Crippen molar-refractivity contribution in [1.29, 1.82) is 0 Å². The van der Waals surface area contributed by atoms with Crippen molar-refractivity contribution >= 4 is 23.4 Å². The normalized spacial score (nSPS) is 30.6. The molecule has 0 spiro atoms. The van der Waals surface area contributed by atoms with Crippen LogP contribution in [0.1, 0.15) is 18.4 Å². The maximum Gasteiger partial charge on any atom is 0.223 e. The molecule has 6 N–H and O–H groups in total. The molecule has 3 atom stereocenters. The van der Waals surface area contributed by atoms with Crippen molar-refractivity contribution in [2.24, 2.45) is 5.92 Å². The molecule has 0 bridgehead atoms. The van der Waals surface area contributed by atoms with E-state index in [0.717, 1.165) is 0 Å². The Morgan fingerprint density at radius 2 is 2.21 bits per heavy atom. The number of rotatable bonds is 3. The molecule has 8 heteroatoms. The molecule has 0 radical (unpaired) electrons. The van der Waals surface area contributed by atoms with Crippen molar-refractivity contribution in [3.05, 3.63) is 10.7 Å². The molecule has 0 aromatic carbocycles. The number of nitrogens with one attached hydrogen (secondary N) is 1. The van der Waals surface area contributed by atoms with Gasteiger partial charge in [-0.3, -0.25) is 0 Å². The second kappa shape index (κ2) is 5.09. The lowest BCUT2D eigenvalue weighted by Gasteiger charge is -2.30. The monoisotopic (exact) mass is 288 g/mol. The highest BCUT2D eigenvalue weighted by atomic mass is 35.5. The fourth-order valence-corrected chi connectivity index (χ4v) is 2.44. The van der Waals surface area contributed by atoms with Crippen LogP contribution >= 0.6 is 11.6 Å². The number of aliphatic hydroxyl groups is 3. The number of aromatic nitrogens is 2. The lowest BCUT2D eigenvalue weighted by molar-refractivity contribution is -0.0546. The van der Waals surface area contributed by atoms with E-state index in [1.807, 2.05) is 0 Å². The van der Waals surface area contributed by atoms with E-state index in [9.17, 15) is 10.2 Å². The molecule has 1 aromatic heterocycles. The fraction of sp³-hybridized carbons (Fsp3) is 0.636. The summed E-state index contributed by atoms with van der Waals surface area (Å²) in [5.74, 6) is -0.113. The summed E-state index contributed by atoms with van der Waals surface area (Å²) in [6.07, 6.45) is -0.290. The summed E-state index contributed by atoms with van der Waals surface area (Å²) in [6, 6.07) is 0. The summed E-state index contributed by atoms with van der Waals surface area (Å²) in [6.45, 7) is 1.50. The van der Waals surface area contributed by atoms with E-state index in [1.54, 1.807) is 6.92 Å². The molecule has 1 aromatic rings. The third-order valence-electron chi connectivity index (χ3n) is 3.51. The van der Waals surface area contributed by atoms with Crippen molar-refractivity contribution in [2.75, 3.05) is 17.7 Å². The van der Waals surface area contributed by atoms with Crippen LogP contribution in [0, 0.1) is 12.8 Å². The number of hydrogen-bond acceptors (Lipinski definition) is 7. The Morgan fingerprint density at radius 3 is 2.79 bits per heavy atom. The van der Waals surface area contributed by atoms with Gasteiger partial charge in [-0.1, -0.05) is 11.6 Å². The van der Waals surface area contributed by atoms with Gasteiger partial charge in [0.05, 0.1) is 0 Å². The van der Waals surface area contributed by atoms with Gasteiger partial charge in [-0.25, -0.2) is 4.98 Å². The minimum absolute atomic E-state index is 0.0205. The van der Waals surface area contributed by atoms with Crippen LogP contribution in [-0.2, 0) is 0 Å². The van der Waals surface area contributed by atoms with E-state index in [2.05, 4.69) is 15.3 Å². The molecule has 1 heterocycles. The number of nitrogens with zero attached hydrogens (tertiary/aromatic N) is 2. The van der Waals surface area contributed by atoms with E-state index in [4.69, 9.17) is 22.4 Å². The quantitative estimate of drug-likeness (QED) is 0.388. The molecule has 0 amide bonds. The summed E-state index contributed by atoms with van der Waals surface area (Å²) < 4.78 is 0. The van der Waals surface area contributed by atoms with Crippen molar-refractivity contribution in [1.82, 2.24) is 9.97 Å². The van der Waals surface area contributed by atoms with Gasteiger partial charge < -0.3 is 26.4 Å². The van der Waals surface area contributed by atoms with E-state index >= 15 is 0 Å². The lowest BCUT2D eigenvalue weighted by atomic mass is 10.0. The van der Waals surface area contributed by atoms with Gasteiger partial charge in [-0.05, 0) is 19.8 Å². The van der Waals surface area contributed by atoms with Crippen LogP contribution in [-0.4, -0.2) is 43.7 Å². The smallest absolute Gasteiger partial charge is 0.223 e. The summed E-state index contributed by atoms with van der Waals surface area (Å²) in [5.41, 5.74) is 4.48. The maximum absolute atomic E-state index is 10.4. The van der Waals surface area contributed by atoms with Crippen molar-refractivity contribution < 1.29 is 15.3 Å². The van der Waals surface area contributed by atoms with E-state index in [-0.39, 0.29) is 29.4 Å². The number of anilines is 2. The SMILES string of the molecule is Cc1c(Cl)nc(N)nc1NC1(O)CCC(CO)C1O. The van der Waals surface area contributed by atoms with Gasteiger partial charge in [0.15, 0.2) is 5.72 Å². The van der Waals surface area contributed by atoms with Crippen LogP contribution in [0.2, 0.25) is 5.15 Å². The minimum Gasteiger partial charge on any atom is -0.396 e. The molecule has 7 nitrogen and oxygen atoms in total. The van der Waals surface area contributed by atoms with Crippen LogP contribution in [0.15, 0.2) is 0 Å². The first-order valence-electron chi connectivity index (χ1n) is 5.96. The third kappa shape index (κ3) is 2.59. The van der Waals surface area contributed by atoms with Crippen LogP contribution in [0.25, 0.3) is 0 Å². The number of aliphatic hydroxyl groups excluding tert-OH is 2. The number of nitrogen functional groups attached to an aromatic ring is 1. The van der Waals surface area contributed by atoms with Gasteiger partial charge in [-0.2, -0.15) is 4.98 Å². The number of nitrogens with two attached hydrogens (primary N) is 1. The van der Waals surface area contributed by atoms with Gasteiger partial charge in [0.1, 0.15) is 17.1 Å². The van der Waals surface area contributed by atoms with E-state index < -0.39 is 11.8 Å². The molecule has 0 aliphatic heterocycles. The van der Waals surface area contributed by atoms with Gasteiger partial charge in [0.25, 0.3) is 0 Å². The zero-order valence-electron chi connectivity index (χ0n) is 10.5. The number of halogens is 1. The molecule has 106 valence electrons. The predicted molar refractivity (Wildman–Crippen MR) is 70.6 cm³/mol. The zero-order chi connectivity index (χ0) is 14.2. The molecule has 0 saturated heterocycles. The molecule has 1 saturated carbocycles. The van der Waals surface area contributed by atoms with Crippen molar-refractivity contribution in [2.45, 2.75) is 31.6 Å². The molecular weight excluding hydrogens is 272 g/mol. The molecule has 2 rings (SSSR count).